The van der Waals surface area contributed by atoms with Crippen molar-refractivity contribution in [3.63, 3.8) is 0 Å². The van der Waals surface area contributed by atoms with Crippen LogP contribution in [0.5, 0.6) is 0 Å². The number of hydrogen-bond acceptors (Lipinski definition) is 5. The van der Waals surface area contributed by atoms with Crippen LogP contribution in [0, 0.1) is 5.92 Å². The number of hydrogen-bond donors (Lipinski definition) is 0. The topological polar surface area (TPSA) is 46.6 Å². The van der Waals surface area contributed by atoms with Gasteiger partial charge in [0.05, 0.1) is 17.9 Å². The zero-order valence-corrected chi connectivity index (χ0v) is 13.0. The van der Waals surface area contributed by atoms with Gasteiger partial charge in [0.2, 0.25) is 0 Å². The molecule has 2 aliphatic rings. The van der Waals surface area contributed by atoms with Crippen molar-refractivity contribution in [2.45, 2.75) is 18.6 Å². The van der Waals surface area contributed by atoms with Crippen molar-refractivity contribution in [3.8, 4) is 0 Å². The molecule has 0 aliphatic carbocycles. The van der Waals surface area contributed by atoms with E-state index >= 15 is 0 Å². The van der Waals surface area contributed by atoms with Crippen LogP contribution in [0.15, 0.2) is 6.07 Å². The summed E-state index contributed by atoms with van der Waals surface area (Å²) in [5.41, 5.74) is 1.32. The Morgan fingerprint density at radius 1 is 1.45 bits per heavy atom. The molecule has 0 bridgehead atoms. The van der Waals surface area contributed by atoms with Gasteiger partial charge in [-0.3, -0.25) is 9.59 Å². The van der Waals surface area contributed by atoms with Crippen LogP contribution in [0.2, 0.25) is 0 Å². The molecule has 20 heavy (non-hydrogen) atoms. The summed E-state index contributed by atoms with van der Waals surface area (Å²) in [5.74, 6) is 1.87. The van der Waals surface area contributed by atoms with Crippen LogP contribution >= 0.6 is 23.1 Å². The number of thioether (sulfide) groups is 1. The third kappa shape index (κ3) is 2.59. The first-order chi connectivity index (χ1) is 9.69. The largest absolute Gasteiger partial charge is 0.469 e. The second kappa shape index (κ2) is 5.77. The average Bonchev–Trinajstić information content (AvgIpc) is 3.12. The zero-order valence-electron chi connectivity index (χ0n) is 11.4. The minimum atomic E-state index is -0.206. The molecule has 0 aromatic carbocycles. The molecule has 2 aliphatic heterocycles. The van der Waals surface area contributed by atoms with Crippen LogP contribution in [0.3, 0.4) is 0 Å². The van der Waals surface area contributed by atoms with Gasteiger partial charge in [0.1, 0.15) is 0 Å². The monoisotopic (exact) mass is 311 g/mol. The second-order valence-corrected chi connectivity index (χ2v) is 7.36. The fourth-order valence-electron chi connectivity index (χ4n) is 2.71. The van der Waals surface area contributed by atoms with Gasteiger partial charge >= 0.3 is 5.97 Å². The first-order valence-corrected chi connectivity index (χ1v) is 8.72. The number of rotatable bonds is 2. The van der Waals surface area contributed by atoms with Crippen molar-refractivity contribution < 1.29 is 14.3 Å². The molecule has 1 saturated heterocycles. The molecule has 108 valence electrons. The SMILES string of the molecule is COC(=O)C1CCN(C(=O)c2cc3c(s2)CCSC3)C1. The van der Waals surface area contributed by atoms with Gasteiger partial charge in [-0.05, 0) is 30.2 Å². The van der Waals surface area contributed by atoms with E-state index in [0.717, 1.165) is 22.8 Å². The van der Waals surface area contributed by atoms with Crippen LogP contribution in [-0.4, -0.2) is 42.7 Å². The minimum Gasteiger partial charge on any atom is -0.469 e. The van der Waals surface area contributed by atoms with Crippen molar-refractivity contribution >= 4 is 35.0 Å². The molecule has 1 aromatic rings. The second-order valence-electron chi connectivity index (χ2n) is 5.12. The number of fused-ring (bicyclic) bond motifs is 1. The summed E-state index contributed by atoms with van der Waals surface area (Å²) in [4.78, 5) is 28.0. The Bertz CT molecular complexity index is 517. The van der Waals surface area contributed by atoms with Crippen LogP contribution in [0.1, 0.15) is 26.5 Å². The molecule has 1 aromatic heterocycles. The summed E-state index contributed by atoms with van der Waals surface area (Å²) in [5, 5.41) is 0. The summed E-state index contributed by atoms with van der Waals surface area (Å²) in [6.07, 6.45) is 1.78. The average molecular weight is 311 g/mol. The Hall–Kier alpha value is -1.01. The van der Waals surface area contributed by atoms with E-state index in [1.807, 2.05) is 17.8 Å². The normalized spacial score (nSPS) is 21.6. The molecule has 1 fully saturated rings. The van der Waals surface area contributed by atoms with Gasteiger partial charge < -0.3 is 9.64 Å². The van der Waals surface area contributed by atoms with Gasteiger partial charge in [-0.25, -0.2) is 0 Å². The highest BCUT2D eigenvalue weighted by Gasteiger charge is 2.33. The highest BCUT2D eigenvalue weighted by molar-refractivity contribution is 7.98. The third-order valence-corrected chi connectivity index (χ3v) is 6.08. The lowest BCUT2D eigenvalue weighted by Gasteiger charge is -2.14. The number of amides is 1. The van der Waals surface area contributed by atoms with Gasteiger partial charge in [0.15, 0.2) is 0 Å². The lowest BCUT2D eigenvalue weighted by molar-refractivity contribution is -0.144. The van der Waals surface area contributed by atoms with Crippen LogP contribution in [-0.2, 0) is 21.7 Å². The van der Waals surface area contributed by atoms with Crippen LogP contribution < -0.4 is 0 Å². The summed E-state index contributed by atoms with van der Waals surface area (Å²) < 4.78 is 4.76. The standard InChI is InChI=1S/C14H17NO3S2/c1-18-14(17)9-2-4-15(7-9)13(16)12-6-10-8-19-5-3-11(10)20-12/h6,9H,2-5,7-8H2,1H3. The molecule has 0 N–H and O–H groups in total. The predicted molar refractivity (Wildman–Crippen MR) is 80.2 cm³/mol. The molecule has 4 nitrogen and oxygen atoms in total. The van der Waals surface area contributed by atoms with E-state index in [1.54, 1.807) is 16.2 Å². The number of carbonyl (C=O) groups excluding carboxylic acids is 2. The molecule has 0 saturated carbocycles. The number of nitrogens with zero attached hydrogens (tertiary/aromatic N) is 1. The maximum Gasteiger partial charge on any atom is 0.310 e. The number of thiophene rings is 1. The molecule has 3 rings (SSSR count). The predicted octanol–water partition coefficient (Wildman–Crippen LogP) is 2.17. The summed E-state index contributed by atoms with van der Waals surface area (Å²) in [6, 6.07) is 2.04. The van der Waals surface area contributed by atoms with E-state index in [2.05, 4.69) is 0 Å². The fourth-order valence-corrected chi connectivity index (χ4v) is 5.05. The van der Waals surface area contributed by atoms with Crippen LogP contribution in [0.25, 0.3) is 0 Å². The molecule has 1 atom stereocenters. The van der Waals surface area contributed by atoms with Crippen molar-refractivity contribution in [1.82, 2.24) is 4.90 Å². The molecule has 6 heteroatoms. The Labute approximate surface area is 126 Å². The van der Waals surface area contributed by atoms with Gasteiger partial charge in [-0.1, -0.05) is 0 Å². The molecule has 1 unspecified atom stereocenters. The number of esters is 1. The Balaban J connectivity index is 1.70. The molecule has 0 radical (unpaired) electrons. The zero-order chi connectivity index (χ0) is 14.1. The smallest absolute Gasteiger partial charge is 0.310 e. The maximum absolute atomic E-state index is 12.5. The summed E-state index contributed by atoms with van der Waals surface area (Å²) in [6.45, 7) is 1.14. The molecule has 1 amide bonds. The minimum absolute atomic E-state index is 0.0702. The highest BCUT2D eigenvalue weighted by atomic mass is 32.2. The van der Waals surface area contributed by atoms with E-state index in [9.17, 15) is 9.59 Å². The number of aryl methyl sites for hydroxylation is 1. The van der Waals surface area contributed by atoms with Crippen LogP contribution in [0.4, 0.5) is 0 Å². The van der Waals surface area contributed by atoms with E-state index in [-0.39, 0.29) is 17.8 Å². The summed E-state index contributed by atoms with van der Waals surface area (Å²) in [7, 11) is 1.40. The van der Waals surface area contributed by atoms with Gasteiger partial charge in [-0.2, -0.15) is 11.8 Å². The maximum atomic E-state index is 12.5. The molecular formula is C14H17NO3S2. The Kier molecular flexibility index (Phi) is 4.03. The first-order valence-electron chi connectivity index (χ1n) is 6.75. The van der Waals surface area contributed by atoms with E-state index in [4.69, 9.17) is 4.74 Å². The Morgan fingerprint density at radius 2 is 2.30 bits per heavy atom. The van der Waals surface area contributed by atoms with Gasteiger partial charge in [0.25, 0.3) is 5.91 Å². The van der Waals surface area contributed by atoms with E-state index in [0.29, 0.717) is 19.5 Å². The lowest BCUT2D eigenvalue weighted by atomic mass is 10.1. The summed E-state index contributed by atoms with van der Waals surface area (Å²) >= 11 is 3.55. The fraction of sp³-hybridized carbons (Fsp3) is 0.571. The number of likely N-dealkylation sites (tertiary alicyclic amines) is 1. The van der Waals surface area contributed by atoms with E-state index < -0.39 is 0 Å². The van der Waals surface area contributed by atoms with Gasteiger partial charge in [0, 0.05) is 23.7 Å². The quantitative estimate of drug-likeness (QED) is 0.785. The molecular weight excluding hydrogens is 294 g/mol. The van der Waals surface area contributed by atoms with Gasteiger partial charge in [-0.15, -0.1) is 11.3 Å². The third-order valence-electron chi connectivity index (χ3n) is 3.85. The lowest BCUT2D eigenvalue weighted by Crippen LogP contribution is -2.29. The molecule has 0 spiro atoms. The Morgan fingerprint density at radius 3 is 3.05 bits per heavy atom. The number of carbonyl (C=O) groups is 2. The van der Waals surface area contributed by atoms with Crippen molar-refractivity contribution in [3.05, 3.63) is 21.4 Å². The van der Waals surface area contributed by atoms with Crippen molar-refractivity contribution in [2.75, 3.05) is 26.0 Å². The molecule has 3 heterocycles. The number of methoxy groups -OCH3 is 1. The van der Waals surface area contributed by atoms with E-state index in [1.165, 1.54) is 17.6 Å². The number of ether oxygens (including phenoxy) is 1. The van der Waals surface area contributed by atoms with Crippen molar-refractivity contribution in [2.24, 2.45) is 5.92 Å². The first kappa shape index (κ1) is 13.9. The van der Waals surface area contributed by atoms with Crippen molar-refractivity contribution in [1.29, 1.82) is 0 Å². The highest BCUT2D eigenvalue weighted by Crippen LogP contribution is 2.33.